The van der Waals surface area contributed by atoms with E-state index in [-0.39, 0.29) is 13.0 Å². The number of amides is 1. The molecular weight excluding hydrogens is 137 g/mol. The zero-order valence-electron chi connectivity index (χ0n) is 5.72. The summed E-state index contributed by atoms with van der Waals surface area (Å²) in [6.45, 7) is 1.03. The van der Waals surface area contributed by atoms with Crippen molar-refractivity contribution in [1.82, 2.24) is 5.32 Å². The van der Waals surface area contributed by atoms with Crippen molar-refractivity contribution in [1.29, 1.82) is 0 Å². The van der Waals surface area contributed by atoms with E-state index >= 15 is 0 Å². The van der Waals surface area contributed by atoms with Gasteiger partial charge in [0.1, 0.15) is 0 Å². The van der Waals surface area contributed by atoms with E-state index in [9.17, 15) is 9.18 Å². The van der Waals surface area contributed by atoms with Gasteiger partial charge in [-0.3, -0.25) is 4.79 Å². The number of rotatable bonds is 1. The smallest absolute Gasteiger partial charge is 0.257 e. The third-order valence-electron chi connectivity index (χ3n) is 1.66. The first kappa shape index (κ1) is 7.47. The van der Waals surface area contributed by atoms with Crippen LogP contribution in [0.4, 0.5) is 4.39 Å². The first-order valence-electron chi connectivity index (χ1n) is 3.17. The summed E-state index contributed by atoms with van der Waals surface area (Å²) in [4.78, 5) is 10.7. The van der Waals surface area contributed by atoms with Crippen LogP contribution in [0.15, 0.2) is 0 Å². The Labute approximate surface area is 58.2 Å². The van der Waals surface area contributed by atoms with Crippen LogP contribution in [0.1, 0.15) is 13.3 Å². The number of nitrogens with one attached hydrogen (secondary N) is 1. The van der Waals surface area contributed by atoms with Gasteiger partial charge in [0.05, 0.1) is 12.6 Å². The Morgan fingerprint density at radius 1 is 2.00 bits per heavy atom. The summed E-state index contributed by atoms with van der Waals surface area (Å²) in [5, 5.41) is 10.9. The lowest BCUT2D eigenvalue weighted by molar-refractivity contribution is -0.128. The minimum absolute atomic E-state index is 0.0718. The molecule has 2 N–H and O–H groups in total. The SMILES string of the molecule is CC1(F)C[C@H](CO)NC1=O. The van der Waals surface area contributed by atoms with Crippen LogP contribution in [0.2, 0.25) is 0 Å². The van der Waals surface area contributed by atoms with Crippen molar-refractivity contribution in [2.24, 2.45) is 0 Å². The first-order chi connectivity index (χ1) is 4.56. The van der Waals surface area contributed by atoms with Crippen LogP contribution in [-0.4, -0.2) is 29.3 Å². The summed E-state index contributed by atoms with van der Waals surface area (Å²) in [5.41, 5.74) is -1.78. The topological polar surface area (TPSA) is 49.3 Å². The summed E-state index contributed by atoms with van der Waals surface area (Å²) in [7, 11) is 0. The molecule has 2 atom stereocenters. The number of aliphatic hydroxyl groups is 1. The zero-order chi connectivity index (χ0) is 7.78. The predicted octanol–water partition coefficient (Wildman–Crippen LogP) is -0.405. The third kappa shape index (κ3) is 1.11. The summed E-state index contributed by atoms with van der Waals surface area (Å²) < 4.78 is 12.9. The number of carbonyl (C=O) groups excluding carboxylic acids is 1. The van der Waals surface area contributed by atoms with Crippen LogP contribution in [0, 0.1) is 0 Å². The van der Waals surface area contributed by atoms with Crippen molar-refractivity contribution in [2.75, 3.05) is 6.61 Å². The van der Waals surface area contributed by atoms with E-state index in [1.807, 2.05) is 0 Å². The molecule has 3 nitrogen and oxygen atoms in total. The normalized spacial score (nSPS) is 39.9. The Bertz CT molecular complexity index is 158. The molecule has 1 fully saturated rings. The fourth-order valence-corrected chi connectivity index (χ4v) is 1.05. The second-order valence-corrected chi connectivity index (χ2v) is 2.75. The highest BCUT2D eigenvalue weighted by Crippen LogP contribution is 2.23. The molecule has 0 aromatic carbocycles. The molecule has 0 saturated carbocycles. The van der Waals surface area contributed by atoms with Gasteiger partial charge in [-0.1, -0.05) is 0 Å². The summed E-state index contributed by atoms with van der Waals surface area (Å²) >= 11 is 0. The van der Waals surface area contributed by atoms with E-state index in [1.54, 1.807) is 0 Å². The molecule has 1 rings (SSSR count). The number of hydrogen-bond donors (Lipinski definition) is 2. The lowest BCUT2D eigenvalue weighted by atomic mass is 10.1. The fraction of sp³-hybridized carbons (Fsp3) is 0.833. The lowest BCUT2D eigenvalue weighted by Gasteiger charge is -2.06. The Balaban J connectivity index is 2.62. The number of alkyl halides is 1. The third-order valence-corrected chi connectivity index (χ3v) is 1.66. The molecule has 10 heavy (non-hydrogen) atoms. The van der Waals surface area contributed by atoms with Crippen LogP contribution in [0.25, 0.3) is 0 Å². The van der Waals surface area contributed by atoms with Crippen molar-refractivity contribution in [2.45, 2.75) is 25.1 Å². The Kier molecular flexibility index (Phi) is 1.64. The van der Waals surface area contributed by atoms with E-state index < -0.39 is 17.6 Å². The second kappa shape index (κ2) is 2.20. The van der Waals surface area contributed by atoms with Gasteiger partial charge in [-0.05, 0) is 6.92 Å². The molecule has 1 amide bonds. The molecule has 0 aromatic heterocycles. The number of aliphatic hydroxyl groups excluding tert-OH is 1. The quantitative estimate of drug-likeness (QED) is 0.530. The van der Waals surface area contributed by atoms with E-state index in [2.05, 4.69) is 5.32 Å². The standard InChI is InChI=1S/C6H10FNO2/c1-6(7)2-4(3-9)8-5(6)10/h4,9H,2-3H2,1H3,(H,8,10)/t4-,6?/m1/s1. The van der Waals surface area contributed by atoms with Gasteiger partial charge in [-0.15, -0.1) is 0 Å². The van der Waals surface area contributed by atoms with Gasteiger partial charge in [0.15, 0.2) is 5.67 Å². The summed E-state index contributed by atoms with van der Waals surface area (Å²) in [6, 6.07) is -0.400. The van der Waals surface area contributed by atoms with Crippen LogP contribution < -0.4 is 5.32 Å². The van der Waals surface area contributed by atoms with Crippen LogP contribution in [0.5, 0.6) is 0 Å². The molecule has 1 aliphatic heterocycles. The van der Waals surface area contributed by atoms with E-state index in [0.717, 1.165) is 0 Å². The van der Waals surface area contributed by atoms with E-state index in [4.69, 9.17) is 5.11 Å². The molecule has 0 aliphatic carbocycles. The highest BCUT2D eigenvalue weighted by atomic mass is 19.1. The minimum Gasteiger partial charge on any atom is -0.394 e. The average molecular weight is 147 g/mol. The molecule has 1 aliphatic rings. The molecule has 0 spiro atoms. The summed E-state index contributed by atoms with van der Waals surface area (Å²) in [6.07, 6.45) is 0.0718. The van der Waals surface area contributed by atoms with Crippen molar-refractivity contribution in [3.8, 4) is 0 Å². The van der Waals surface area contributed by atoms with Crippen molar-refractivity contribution >= 4 is 5.91 Å². The van der Waals surface area contributed by atoms with Crippen molar-refractivity contribution < 1.29 is 14.3 Å². The molecule has 0 aromatic rings. The van der Waals surface area contributed by atoms with Gasteiger partial charge in [-0.25, -0.2) is 4.39 Å². The maximum atomic E-state index is 12.9. The molecule has 1 heterocycles. The minimum atomic E-state index is -1.78. The molecule has 58 valence electrons. The maximum Gasteiger partial charge on any atom is 0.257 e. The van der Waals surface area contributed by atoms with Crippen molar-refractivity contribution in [3.05, 3.63) is 0 Å². The first-order valence-corrected chi connectivity index (χ1v) is 3.17. The van der Waals surface area contributed by atoms with Gasteiger partial charge in [0.25, 0.3) is 5.91 Å². The van der Waals surface area contributed by atoms with Gasteiger partial charge >= 0.3 is 0 Å². The maximum absolute atomic E-state index is 12.9. The van der Waals surface area contributed by atoms with Crippen LogP contribution in [-0.2, 0) is 4.79 Å². The molecular formula is C6H10FNO2. The zero-order valence-corrected chi connectivity index (χ0v) is 5.72. The van der Waals surface area contributed by atoms with Crippen LogP contribution in [0.3, 0.4) is 0 Å². The Hall–Kier alpha value is -0.640. The Morgan fingerprint density at radius 3 is 2.80 bits per heavy atom. The van der Waals surface area contributed by atoms with Gasteiger partial charge in [-0.2, -0.15) is 0 Å². The van der Waals surface area contributed by atoms with Gasteiger partial charge < -0.3 is 10.4 Å². The highest BCUT2D eigenvalue weighted by Gasteiger charge is 2.42. The van der Waals surface area contributed by atoms with Crippen molar-refractivity contribution in [3.63, 3.8) is 0 Å². The number of halogens is 1. The molecule has 4 heteroatoms. The Morgan fingerprint density at radius 2 is 2.60 bits per heavy atom. The lowest BCUT2D eigenvalue weighted by Crippen LogP contribution is -2.32. The molecule has 1 unspecified atom stereocenters. The largest absolute Gasteiger partial charge is 0.394 e. The van der Waals surface area contributed by atoms with E-state index in [0.29, 0.717) is 0 Å². The molecule has 0 bridgehead atoms. The number of carbonyl (C=O) groups is 1. The average Bonchev–Trinajstić information content (AvgIpc) is 2.08. The molecule has 1 saturated heterocycles. The summed E-state index contributed by atoms with van der Waals surface area (Å²) in [5.74, 6) is -0.619. The molecule has 0 radical (unpaired) electrons. The van der Waals surface area contributed by atoms with Gasteiger partial charge in [0, 0.05) is 6.42 Å². The highest BCUT2D eigenvalue weighted by molar-refractivity contribution is 5.87. The monoisotopic (exact) mass is 147 g/mol. The predicted molar refractivity (Wildman–Crippen MR) is 33.1 cm³/mol. The van der Waals surface area contributed by atoms with Crippen LogP contribution >= 0.6 is 0 Å². The second-order valence-electron chi connectivity index (χ2n) is 2.75. The number of hydrogen-bond acceptors (Lipinski definition) is 2. The van der Waals surface area contributed by atoms with Gasteiger partial charge in [0.2, 0.25) is 0 Å². The van der Waals surface area contributed by atoms with E-state index in [1.165, 1.54) is 6.92 Å². The fourth-order valence-electron chi connectivity index (χ4n) is 1.05.